The Bertz CT molecular complexity index is 771. The number of sulfonamides is 1. The van der Waals surface area contributed by atoms with E-state index in [2.05, 4.69) is 0 Å². The lowest BCUT2D eigenvalue weighted by Crippen LogP contribution is -2.27. The lowest BCUT2D eigenvalue weighted by atomic mass is 10.1. The summed E-state index contributed by atoms with van der Waals surface area (Å²) in [5.74, 6) is -0.416. The molecule has 0 bridgehead atoms. The predicted octanol–water partition coefficient (Wildman–Crippen LogP) is 2.85. The number of rotatable bonds is 3. The second-order valence-electron chi connectivity index (χ2n) is 4.91. The molecular weight excluding hydrogens is 291 g/mol. The maximum Gasteiger partial charge on any atom is 0.264 e. The summed E-state index contributed by atoms with van der Waals surface area (Å²) in [4.78, 5) is 0.159. The molecule has 6 heteroatoms. The van der Waals surface area contributed by atoms with Crippen molar-refractivity contribution in [2.24, 2.45) is 0 Å². The van der Waals surface area contributed by atoms with E-state index in [9.17, 15) is 12.8 Å². The molecule has 2 rings (SSSR count). The molecule has 0 heterocycles. The normalized spacial score (nSPS) is 11.4. The lowest BCUT2D eigenvalue weighted by molar-refractivity contribution is 0.593. The molecule has 0 spiro atoms. The van der Waals surface area contributed by atoms with E-state index in [1.165, 1.54) is 37.4 Å². The van der Waals surface area contributed by atoms with E-state index in [1.807, 2.05) is 6.92 Å². The molecule has 2 aromatic rings. The maximum atomic E-state index is 13.0. The van der Waals surface area contributed by atoms with E-state index in [0.717, 1.165) is 9.87 Å². The van der Waals surface area contributed by atoms with Gasteiger partial charge in [-0.1, -0.05) is 0 Å². The number of benzene rings is 2. The van der Waals surface area contributed by atoms with Crippen LogP contribution in [-0.2, 0) is 10.0 Å². The number of hydrogen-bond donors (Lipinski definition) is 1. The Morgan fingerprint density at radius 3 is 2.24 bits per heavy atom. The minimum Gasteiger partial charge on any atom is -0.399 e. The molecular formula is C15H17FN2O2S. The number of nitrogens with two attached hydrogens (primary N) is 1. The van der Waals surface area contributed by atoms with Gasteiger partial charge in [-0.15, -0.1) is 0 Å². The van der Waals surface area contributed by atoms with Gasteiger partial charge in [-0.2, -0.15) is 0 Å². The van der Waals surface area contributed by atoms with E-state index >= 15 is 0 Å². The molecule has 0 fully saturated rings. The van der Waals surface area contributed by atoms with Crippen molar-refractivity contribution in [1.29, 1.82) is 0 Å². The fourth-order valence-corrected chi connectivity index (χ4v) is 3.59. The highest BCUT2D eigenvalue weighted by atomic mass is 32.2. The minimum atomic E-state index is -3.75. The van der Waals surface area contributed by atoms with Crippen LogP contribution in [0.25, 0.3) is 0 Å². The van der Waals surface area contributed by atoms with Crippen molar-refractivity contribution >= 4 is 21.4 Å². The fourth-order valence-electron chi connectivity index (χ4n) is 2.06. The molecule has 0 atom stereocenters. The third kappa shape index (κ3) is 2.85. The number of nitrogens with zero attached hydrogens (tertiary/aromatic N) is 1. The molecule has 21 heavy (non-hydrogen) atoms. The van der Waals surface area contributed by atoms with Crippen molar-refractivity contribution in [3.05, 3.63) is 53.3 Å². The van der Waals surface area contributed by atoms with Crippen molar-refractivity contribution < 1.29 is 12.8 Å². The molecule has 2 N–H and O–H groups in total. The Kier molecular flexibility index (Phi) is 3.91. The van der Waals surface area contributed by atoms with Gasteiger partial charge in [0.15, 0.2) is 0 Å². The molecule has 0 aromatic heterocycles. The van der Waals surface area contributed by atoms with Gasteiger partial charge in [-0.25, -0.2) is 12.8 Å². The van der Waals surface area contributed by atoms with Crippen molar-refractivity contribution in [1.82, 2.24) is 0 Å². The Hall–Kier alpha value is -2.08. The lowest BCUT2D eigenvalue weighted by Gasteiger charge is -2.21. The Labute approximate surface area is 124 Å². The first-order valence-electron chi connectivity index (χ1n) is 6.34. The highest BCUT2D eigenvalue weighted by Crippen LogP contribution is 2.27. The predicted molar refractivity (Wildman–Crippen MR) is 82.3 cm³/mol. The molecule has 0 amide bonds. The summed E-state index contributed by atoms with van der Waals surface area (Å²) in [6.45, 7) is 3.54. The van der Waals surface area contributed by atoms with Crippen LogP contribution in [0.1, 0.15) is 11.1 Å². The van der Waals surface area contributed by atoms with Crippen LogP contribution in [-0.4, -0.2) is 15.5 Å². The second-order valence-corrected chi connectivity index (χ2v) is 6.85. The van der Waals surface area contributed by atoms with E-state index in [0.29, 0.717) is 16.9 Å². The molecule has 0 aliphatic heterocycles. The van der Waals surface area contributed by atoms with Crippen LogP contribution in [0.4, 0.5) is 15.8 Å². The topological polar surface area (TPSA) is 63.4 Å². The van der Waals surface area contributed by atoms with Gasteiger partial charge in [0, 0.05) is 12.7 Å². The number of halogens is 1. The zero-order valence-corrected chi connectivity index (χ0v) is 12.9. The van der Waals surface area contributed by atoms with Crippen LogP contribution in [0.2, 0.25) is 0 Å². The monoisotopic (exact) mass is 308 g/mol. The van der Waals surface area contributed by atoms with Gasteiger partial charge in [0.05, 0.1) is 10.6 Å². The SMILES string of the molecule is Cc1cc(N)cc(S(=O)(=O)N(C)c2ccc(F)cc2)c1C. The van der Waals surface area contributed by atoms with E-state index < -0.39 is 15.8 Å². The van der Waals surface area contributed by atoms with Crippen molar-refractivity contribution in [3.63, 3.8) is 0 Å². The van der Waals surface area contributed by atoms with Gasteiger partial charge < -0.3 is 5.73 Å². The number of hydrogen-bond acceptors (Lipinski definition) is 3. The zero-order chi connectivity index (χ0) is 15.8. The number of aryl methyl sites for hydroxylation is 1. The van der Waals surface area contributed by atoms with Crippen molar-refractivity contribution in [2.75, 3.05) is 17.1 Å². The number of anilines is 2. The highest BCUT2D eigenvalue weighted by Gasteiger charge is 2.24. The summed E-state index contributed by atoms with van der Waals surface area (Å²) < 4.78 is 39.5. The average molecular weight is 308 g/mol. The molecule has 0 aliphatic rings. The van der Waals surface area contributed by atoms with Gasteiger partial charge >= 0.3 is 0 Å². The Morgan fingerprint density at radius 2 is 1.67 bits per heavy atom. The Balaban J connectivity index is 2.54. The Morgan fingerprint density at radius 1 is 1.10 bits per heavy atom. The molecule has 4 nitrogen and oxygen atoms in total. The molecule has 0 saturated carbocycles. The first kappa shape index (κ1) is 15.3. The maximum absolute atomic E-state index is 13.0. The summed E-state index contributed by atoms with van der Waals surface area (Å²) >= 11 is 0. The van der Waals surface area contributed by atoms with Crippen LogP contribution < -0.4 is 10.0 Å². The van der Waals surface area contributed by atoms with Crippen LogP contribution in [0.15, 0.2) is 41.3 Å². The van der Waals surface area contributed by atoms with Gasteiger partial charge in [0.25, 0.3) is 10.0 Å². The van der Waals surface area contributed by atoms with Gasteiger partial charge in [0.1, 0.15) is 5.82 Å². The molecule has 0 saturated heterocycles. The van der Waals surface area contributed by atoms with Crippen molar-refractivity contribution in [3.8, 4) is 0 Å². The molecule has 0 unspecified atom stereocenters. The van der Waals surface area contributed by atoms with Gasteiger partial charge in [-0.05, 0) is 61.4 Å². The van der Waals surface area contributed by atoms with Crippen LogP contribution in [0, 0.1) is 19.7 Å². The standard InChI is InChI=1S/C15H17FN2O2S/c1-10-8-13(17)9-15(11(10)2)21(19,20)18(3)14-6-4-12(16)5-7-14/h4-9H,17H2,1-3H3. The third-order valence-electron chi connectivity index (χ3n) is 3.47. The van der Waals surface area contributed by atoms with Crippen LogP contribution in [0.5, 0.6) is 0 Å². The van der Waals surface area contributed by atoms with E-state index in [-0.39, 0.29) is 4.90 Å². The molecule has 112 valence electrons. The number of nitrogen functional groups attached to an aromatic ring is 1. The molecule has 2 aromatic carbocycles. The fraction of sp³-hybridized carbons (Fsp3) is 0.200. The average Bonchev–Trinajstić information content (AvgIpc) is 2.42. The first-order valence-corrected chi connectivity index (χ1v) is 7.78. The van der Waals surface area contributed by atoms with Crippen molar-refractivity contribution in [2.45, 2.75) is 18.7 Å². The second kappa shape index (κ2) is 5.37. The van der Waals surface area contributed by atoms with Gasteiger partial charge in [-0.3, -0.25) is 4.31 Å². The third-order valence-corrected chi connectivity index (χ3v) is 5.38. The highest BCUT2D eigenvalue weighted by molar-refractivity contribution is 7.92. The quantitative estimate of drug-likeness (QED) is 0.887. The first-order chi connectivity index (χ1) is 9.73. The summed E-state index contributed by atoms with van der Waals surface area (Å²) in [7, 11) is -2.32. The smallest absolute Gasteiger partial charge is 0.264 e. The van der Waals surface area contributed by atoms with E-state index in [4.69, 9.17) is 5.73 Å². The van der Waals surface area contributed by atoms with E-state index in [1.54, 1.807) is 13.0 Å². The summed E-state index contributed by atoms with van der Waals surface area (Å²) in [5.41, 5.74) is 7.99. The molecule has 0 aliphatic carbocycles. The van der Waals surface area contributed by atoms with Gasteiger partial charge in [0.2, 0.25) is 0 Å². The summed E-state index contributed by atoms with van der Waals surface area (Å²) in [6.07, 6.45) is 0. The summed E-state index contributed by atoms with van der Waals surface area (Å²) in [5, 5.41) is 0. The van der Waals surface area contributed by atoms with Crippen LogP contribution in [0.3, 0.4) is 0 Å². The summed E-state index contributed by atoms with van der Waals surface area (Å²) in [6, 6.07) is 8.45. The van der Waals surface area contributed by atoms with Crippen LogP contribution >= 0.6 is 0 Å². The zero-order valence-electron chi connectivity index (χ0n) is 12.1. The largest absolute Gasteiger partial charge is 0.399 e. The minimum absolute atomic E-state index is 0.159. The molecule has 0 radical (unpaired) electrons.